The van der Waals surface area contributed by atoms with Gasteiger partial charge in [0.15, 0.2) is 5.82 Å². The summed E-state index contributed by atoms with van der Waals surface area (Å²) >= 11 is 0. The molecule has 1 aliphatic carbocycles. The molecule has 4 rings (SSSR count). The second-order valence-corrected chi connectivity index (χ2v) is 6.38. The SMILES string of the molecule is CN1CCNCC1c1noc(Cc2ccc3c(c2)CCC3)n1.Cl. The number of likely N-dealkylation sites (N-methyl/N-ethyl adjacent to an activating group) is 1. The first kappa shape index (κ1) is 16.4. The number of aromatic nitrogens is 2. The molecule has 1 atom stereocenters. The summed E-state index contributed by atoms with van der Waals surface area (Å²) in [5.41, 5.74) is 4.27. The van der Waals surface area contributed by atoms with Crippen LogP contribution in [0.5, 0.6) is 0 Å². The number of rotatable bonds is 3. The van der Waals surface area contributed by atoms with Crippen molar-refractivity contribution in [3.63, 3.8) is 0 Å². The van der Waals surface area contributed by atoms with Crippen LogP contribution in [0.25, 0.3) is 0 Å². The molecule has 0 spiro atoms. The molecule has 2 aliphatic rings. The Bertz CT molecular complexity index is 672. The van der Waals surface area contributed by atoms with Crippen molar-refractivity contribution < 1.29 is 4.52 Å². The minimum atomic E-state index is 0. The lowest BCUT2D eigenvalue weighted by Gasteiger charge is -2.30. The van der Waals surface area contributed by atoms with Crippen LogP contribution >= 0.6 is 12.4 Å². The van der Waals surface area contributed by atoms with Crippen molar-refractivity contribution in [3.05, 3.63) is 46.6 Å². The van der Waals surface area contributed by atoms with E-state index < -0.39 is 0 Å². The summed E-state index contributed by atoms with van der Waals surface area (Å²) in [4.78, 5) is 6.89. The molecule has 0 radical (unpaired) electrons. The van der Waals surface area contributed by atoms with E-state index in [1.807, 2.05) is 0 Å². The predicted octanol–water partition coefficient (Wildman–Crippen LogP) is 2.15. The van der Waals surface area contributed by atoms with Crippen LogP contribution < -0.4 is 5.32 Å². The summed E-state index contributed by atoms with van der Waals surface area (Å²) in [5, 5.41) is 7.58. The van der Waals surface area contributed by atoms with E-state index in [9.17, 15) is 0 Å². The van der Waals surface area contributed by atoms with Crippen LogP contribution in [0.4, 0.5) is 0 Å². The first-order valence-corrected chi connectivity index (χ1v) is 8.14. The average Bonchev–Trinajstić information content (AvgIpc) is 3.16. The zero-order chi connectivity index (χ0) is 14.9. The Hall–Kier alpha value is -1.43. The number of fused-ring (bicyclic) bond motifs is 1. The number of halogens is 1. The number of hydrogen-bond donors (Lipinski definition) is 1. The Morgan fingerprint density at radius 1 is 1.30 bits per heavy atom. The lowest BCUT2D eigenvalue weighted by Crippen LogP contribution is -2.44. The van der Waals surface area contributed by atoms with Crippen molar-refractivity contribution in [3.8, 4) is 0 Å². The van der Waals surface area contributed by atoms with Crippen LogP contribution in [0.2, 0.25) is 0 Å². The smallest absolute Gasteiger partial charge is 0.231 e. The summed E-state index contributed by atoms with van der Waals surface area (Å²) in [6.07, 6.45) is 4.44. The summed E-state index contributed by atoms with van der Waals surface area (Å²) in [6.45, 7) is 2.92. The summed E-state index contributed by atoms with van der Waals surface area (Å²) in [7, 11) is 2.11. The van der Waals surface area contributed by atoms with Crippen molar-refractivity contribution in [1.29, 1.82) is 0 Å². The molecule has 1 fully saturated rings. The fourth-order valence-electron chi connectivity index (χ4n) is 3.48. The summed E-state index contributed by atoms with van der Waals surface area (Å²) < 4.78 is 5.47. The maximum atomic E-state index is 5.47. The average molecular weight is 335 g/mol. The van der Waals surface area contributed by atoms with E-state index >= 15 is 0 Å². The minimum absolute atomic E-state index is 0. The Balaban J connectivity index is 0.00000156. The van der Waals surface area contributed by atoms with Gasteiger partial charge in [0.25, 0.3) is 0 Å². The number of hydrogen-bond acceptors (Lipinski definition) is 5. The Morgan fingerprint density at radius 3 is 3.04 bits per heavy atom. The first-order valence-electron chi connectivity index (χ1n) is 8.14. The molecule has 1 aliphatic heterocycles. The molecule has 1 aromatic heterocycles. The molecule has 1 aromatic carbocycles. The molecular formula is C17H23ClN4O. The largest absolute Gasteiger partial charge is 0.339 e. The van der Waals surface area contributed by atoms with Crippen molar-refractivity contribution in [2.75, 3.05) is 26.7 Å². The number of benzene rings is 1. The molecule has 2 aromatic rings. The standard InChI is InChI=1S/C17H22N4O.ClH/c1-21-8-7-18-11-15(21)17-19-16(22-20-17)10-12-5-6-13-3-2-4-14(13)9-12;/h5-6,9,15,18H,2-4,7-8,10-11H2,1H3;1H. The topological polar surface area (TPSA) is 54.2 Å². The van der Waals surface area contributed by atoms with E-state index in [0.29, 0.717) is 5.89 Å². The Labute approximate surface area is 142 Å². The van der Waals surface area contributed by atoms with Gasteiger partial charge in [0, 0.05) is 19.6 Å². The number of nitrogens with zero attached hydrogens (tertiary/aromatic N) is 3. The fourth-order valence-corrected chi connectivity index (χ4v) is 3.48. The highest BCUT2D eigenvalue weighted by Crippen LogP contribution is 2.24. The summed E-state index contributed by atoms with van der Waals surface area (Å²) in [5.74, 6) is 1.51. The third kappa shape index (κ3) is 3.42. The lowest BCUT2D eigenvalue weighted by atomic mass is 10.0. The van der Waals surface area contributed by atoms with E-state index in [2.05, 4.69) is 45.6 Å². The van der Waals surface area contributed by atoms with Gasteiger partial charge in [-0.1, -0.05) is 23.4 Å². The van der Waals surface area contributed by atoms with Crippen molar-refractivity contribution in [2.24, 2.45) is 0 Å². The van der Waals surface area contributed by atoms with Gasteiger partial charge in [-0.15, -0.1) is 12.4 Å². The molecule has 1 unspecified atom stereocenters. The van der Waals surface area contributed by atoms with Crippen LogP contribution in [-0.4, -0.2) is 41.7 Å². The molecule has 6 heteroatoms. The van der Waals surface area contributed by atoms with Gasteiger partial charge in [0.2, 0.25) is 5.89 Å². The maximum absolute atomic E-state index is 5.47. The minimum Gasteiger partial charge on any atom is -0.339 e. The van der Waals surface area contributed by atoms with Crippen LogP contribution in [0, 0.1) is 0 Å². The van der Waals surface area contributed by atoms with Gasteiger partial charge in [-0.05, 0) is 43.0 Å². The molecule has 1 saturated heterocycles. The van der Waals surface area contributed by atoms with Gasteiger partial charge in [-0.3, -0.25) is 4.90 Å². The molecule has 124 valence electrons. The van der Waals surface area contributed by atoms with Gasteiger partial charge in [-0.25, -0.2) is 0 Å². The molecular weight excluding hydrogens is 312 g/mol. The third-order valence-corrected chi connectivity index (χ3v) is 4.81. The Kier molecular flexibility index (Phi) is 4.99. The second-order valence-electron chi connectivity index (χ2n) is 6.38. The molecule has 0 bridgehead atoms. The van der Waals surface area contributed by atoms with Crippen molar-refractivity contribution >= 4 is 12.4 Å². The zero-order valence-corrected chi connectivity index (χ0v) is 14.2. The van der Waals surface area contributed by atoms with E-state index in [-0.39, 0.29) is 18.4 Å². The molecule has 23 heavy (non-hydrogen) atoms. The quantitative estimate of drug-likeness (QED) is 0.932. The van der Waals surface area contributed by atoms with Gasteiger partial charge in [0.05, 0.1) is 12.5 Å². The van der Waals surface area contributed by atoms with E-state index in [1.165, 1.54) is 36.0 Å². The lowest BCUT2D eigenvalue weighted by molar-refractivity contribution is 0.190. The highest BCUT2D eigenvalue weighted by atomic mass is 35.5. The highest BCUT2D eigenvalue weighted by Gasteiger charge is 2.25. The van der Waals surface area contributed by atoms with Gasteiger partial charge in [0.1, 0.15) is 0 Å². The monoisotopic (exact) mass is 334 g/mol. The molecule has 1 N–H and O–H groups in total. The van der Waals surface area contributed by atoms with Crippen molar-refractivity contribution in [2.45, 2.75) is 31.7 Å². The number of nitrogens with one attached hydrogen (secondary N) is 1. The van der Waals surface area contributed by atoms with Crippen LogP contribution in [0.15, 0.2) is 22.7 Å². The maximum Gasteiger partial charge on any atom is 0.231 e. The highest BCUT2D eigenvalue weighted by molar-refractivity contribution is 5.85. The fraction of sp³-hybridized carbons (Fsp3) is 0.529. The third-order valence-electron chi connectivity index (χ3n) is 4.81. The van der Waals surface area contributed by atoms with Crippen LogP contribution in [-0.2, 0) is 19.3 Å². The zero-order valence-electron chi connectivity index (χ0n) is 13.4. The predicted molar refractivity (Wildman–Crippen MR) is 91.1 cm³/mol. The molecule has 2 heterocycles. The normalized spacial score (nSPS) is 21.0. The van der Waals surface area contributed by atoms with Gasteiger partial charge in [-0.2, -0.15) is 4.98 Å². The van der Waals surface area contributed by atoms with E-state index in [0.717, 1.165) is 31.9 Å². The van der Waals surface area contributed by atoms with Gasteiger partial charge >= 0.3 is 0 Å². The molecule has 5 nitrogen and oxygen atoms in total. The Morgan fingerprint density at radius 2 is 2.17 bits per heavy atom. The number of piperazine rings is 1. The van der Waals surface area contributed by atoms with Crippen molar-refractivity contribution in [1.82, 2.24) is 20.4 Å². The van der Waals surface area contributed by atoms with Crippen LogP contribution in [0.3, 0.4) is 0 Å². The number of aryl methyl sites for hydroxylation is 2. The second kappa shape index (κ2) is 6.99. The van der Waals surface area contributed by atoms with E-state index in [1.54, 1.807) is 0 Å². The van der Waals surface area contributed by atoms with E-state index in [4.69, 9.17) is 4.52 Å². The molecule has 0 amide bonds. The first-order chi connectivity index (χ1) is 10.8. The molecule has 0 saturated carbocycles. The van der Waals surface area contributed by atoms with Gasteiger partial charge < -0.3 is 9.84 Å². The summed E-state index contributed by atoms with van der Waals surface area (Å²) in [6, 6.07) is 6.97. The van der Waals surface area contributed by atoms with Crippen LogP contribution in [0.1, 0.15) is 40.9 Å².